The quantitative estimate of drug-likeness (QED) is 0.790. The van der Waals surface area contributed by atoms with Crippen LogP contribution < -0.4 is 4.72 Å². The van der Waals surface area contributed by atoms with Crippen LogP contribution in [0.1, 0.15) is 17.3 Å². The Hall–Kier alpha value is -1.88. The number of carbonyl (C=O) groups is 1. The van der Waals surface area contributed by atoms with Crippen LogP contribution in [0.4, 0.5) is 0 Å². The van der Waals surface area contributed by atoms with Crippen LogP contribution in [0.25, 0.3) is 0 Å². The van der Waals surface area contributed by atoms with E-state index in [0.29, 0.717) is 18.7 Å². The number of piperazine rings is 1. The number of benzene rings is 1. The molecule has 6 nitrogen and oxygen atoms in total. The number of amides is 1. The maximum atomic E-state index is 12.5. The van der Waals surface area contributed by atoms with Crippen molar-refractivity contribution in [2.24, 2.45) is 0 Å². The lowest BCUT2D eigenvalue weighted by molar-refractivity contribution is 0.0643. The minimum absolute atomic E-state index is 0.0470. The van der Waals surface area contributed by atoms with Crippen LogP contribution in [0.5, 0.6) is 0 Å². The molecule has 1 N–H and O–H groups in total. The summed E-state index contributed by atoms with van der Waals surface area (Å²) < 4.78 is 26.5. The van der Waals surface area contributed by atoms with E-state index in [0.717, 1.165) is 19.6 Å². The van der Waals surface area contributed by atoms with Crippen LogP contribution in [0.15, 0.2) is 29.2 Å². The fraction of sp³-hybridized carbons (Fsp3) is 0.438. The van der Waals surface area contributed by atoms with Crippen molar-refractivity contribution in [1.29, 1.82) is 0 Å². The average Bonchev–Trinajstić information content (AvgIpc) is 2.59. The Bertz CT molecular complexity index is 702. The van der Waals surface area contributed by atoms with Crippen molar-refractivity contribution in [2.45, 2.75) is 11.8 Å². The molecule has 0 saturated carbocycles. The number of likely N-dealkylation sites (N-methyl/N-ethyl adjacent to an activating group) is 1. The molecule has 0 aromatic heterocycles. The van der Waals surface area contributed by atoms with E-state index >= 15 is 0 Å². The Balaban J connectivity index is 2.14. The zero-order valence-corrected chi connectivity index (χ0v) is 14.0. The van der Waals surface area contributed by atoms with E-state index in [9.17, 15) is 13.2 Å². The fourth-order valence-electron chi connectivity index (χ4n) is 2.47. The topological polar surface area (TPSA) is 69.7 Å². The molecule has 1 amide bonds. The highest BCUT2D eigenvalue weighted by Crippen LogP contribution is 2.14. The van der Waals surface area contributed by atoms with Gasteiger partial charge in [0.25, 0.3) is 5.91 Å². The molecule has 23 heavy (non-hydrogen) atoms. The lowest BCUT2D eigenvalue weighted by Crippen LogP contribution is -2.48. The normalized spacial score (nSPS) is 16.1. The van der Waals surface area contributed by atoms with Gasteiger partial charge in [0.05, 0.1) is 11.4 Å². The van der Waals surface area contributed by atoms with Gasteiger partial charge in [-0.25, -0.2) is 8.42 Å². The number of nitrogens with zero attached hydrogens (tertiary/aromatic N) is 2. The molecule has 1 saturated heterocycles. The van der Waals surface area contributed by atoms with E-state index in [2.05, 4.69) is 22.5 Å². The van der Waals surface area contributed by atoms with Gasteiger partial charge in [0.15, 0.2) is 0 Å². The third kappa shape index (κ3) is 4.32. The molecule has 0 bridgehead atoms. The highest BCUT2D eigenvalue weighted by Gasteiger charge is 2.22. The van der Waals surface area contributed by atoms with E-state index in [4.69, 9.17) is 6.42 Å². The Morgan fingerprint density at radius 1 is 1.30 bits per heavy atom. The van der Waals surface area contributed by atoms with Crippen molar-refractivity contribution in [3.05, 3.63) is 29.8 Å². The zero-order valence-electron chi connectivity index (χ0n) is 13.2. The smallest absolute Gasteiger partial charge is 0.253 e. The number of hydrogen-bond acceptors (Lipinski definition) is 4. The van der Waals surface area contributed by atoms with Crippen LogP contribution in [-0.4, -0.2) is 63.4 Å². The molecule has 0 unspecified atom stereocenters. The van der Waals surface area contributed by atoms with E-state index in [-0.39, 0.29) is 17.3 Å². The van der Waals surface area contributed by atoms with E-state index in [1.165, 1.54) is 12.1 Å². The SMILES string of the molecule is C#CCNS(=O)(=O)c1cccc(C(=O)N2CCN(CC)CC2)c1. The first-order chi connectivity index (χ1) is 11.0. The summed E-state index contributed by atoms with van der Waals surface area (Å²) in [6.07, 6.45) is 5.07. The summed E-state index contributed by atoms with van der Waals surface area (Å²) in [6, 6.07) is 6.05. The fourth-order valence-corrected chi connectivity index (χ4v) is 3.45. The van der Waals surface area contributed by atoms with E-state index in [1.54, 1.807) is 17.0 Å². The number of nitrogens with one attached hydrogen (secondary N) is 1. The summed E-state index contributed by atoms with van der Waals surface area (Å²) in [5, 5.41) is 0. The Labute approximate surface area is 137 Å². The van der Waals surface area contributed by atoms with Crippen molar-refractivity contribution >= 4 is 15.9 Å². The number of rotatable bonds is 5. The molecule has 1 heterocycles. The zero-order chi connectivity index (χ0) is 16.9. The molecule has 1 aromatic carbocycles. The maximum Gasteiger partial charge on any atom is 0.253 e. The molecule has 0 spiro atoms. The van der Waals surface area contributed by atoms with Crippen molar-refractivity contribution in [1.82, 2.24) is 14.5 Å². The van der Waals surface area contributed by atoms with Crippen LogP contribution in [-0.2, 0) is 10.0 Å². The Kier molecular flexibility index (Phi) is 5.77. The highest BCUT2D eigenvalue weighted by molar-refractivity contribution is 7.89. The van der Waals surface area contributed by atoms with Gasteiger partial charge >= 0.3 is 0 Å². The van der Waals surface area contributed by atoms with Gasteiger partial charge in [0.1, 0.15) is 0 Å². The molecule has 2 rings (SSSR count). The summed E-state index contributed by atoms with van der Waals surface area (Å²) in [5.41, 5.74) is 0.374. The molecular formula is C16H21N3O3S. The summed E-state index contributed by atoms with van der Waals surface area (Å²) in [4.78, 5) is 16.6. The minimum Gasteiger partial charge on any atom is -0.336 e. The van der Waals surface area contributed by atoms with Gasteiger partial charge in [-0.1, -0.05) is 18.9 Å². The van der Waals surface area contributed by atoms with Crippen molar-refractivity contribution in [3.63, 3.8) is 0 Å². The van der Waals surface area contributed by atoms with Crippen LogP contribution in [0.2, 0.25) is 0 Å². The van der Waals surface area contributed by atoms with Gasteiger partial charge in [0, 0.05) is 31.7 Å². The third-order valence-electron chi connectivity index (χ3n) is 3.86. The third-order valence-corrected chi connectivity index (χ3v) is 5.26. The molecule has 0 radical (unpaired) electrons. The average molecular weight is 335 g/mol. The highest BCUT2D eigenvalue weighted by atomic mass is 32.2. The lowest BCUT2D eigenvalue weighted by atomic mass is 10.2. The van der Waals surface area contributed by atoms with Crippen LogP contribution in [0.3, 0.4) is 0 Å². The van der Waals surface area contributed by atoms with Crippen LogP contribution >= 0.6 is 0 Å². The lowest BCUT2D eigenvalue weighted by Gasteiger charge is -2.34. The van der Waals surface area contributed by atoms with Gasteiger partial charge < -0.3 is 9.80 Å². The first-order valence-electron chi connectivity index (χ1n) is 7.52. The van der Waals surface area contributed by atoms with Crippen molar-refractivity contribution in [2.75, 3.05) is 39.3 Å². The molecular weight excluding hydrogens is 314 g/mol. The first kappa shape index (κ1) is 17.5. The Morgan fingerprint density at radius 3 is 2.61 bits per heavy atom. The molecule has 1 aliphatic heterocycles. The van der Waals surface area contributed by atoms with Gasteiger partial charge in [-0.3, -0.25) is 4.79 Å². The largest absolute Gasteiger partial charge is 0.336 e. The molecule has 1 aromatic rings. The van der Waals surface area contributed by atoms with Crippen molar-refractivity contribution < 1.29 is 13.2 Å². The predicted molar refractivity (Wildman–Crippen MR) is 88.5 cm³/mol. The summed E-state index contributed by atoms with van der Waals surface area (Å²) in [7, 11) is -3.69. The maximum absolute atomic E-state index is 12.5. The standard InChI is InChI=1S/C16H21N3O3S/c1-3-8-17-23(21,22)15-7-5-6-14(13-15)16(20)19-11-9-18(4-2)10-12-19/h1,5-7,13,17H,4,8-12H2,2H3. The van der Waals surface area contributed by atoms with E-state index in [1.807, 2.05) is 0 Å². The summed E-state index contributed by atoms with van der Waals surface area (Å²) >= 11 is 0. The van der Waals surface area contributed by atoms with Gasteiger partial charge in [-0.05, 0) is 24.7 Å². The minimum atomic E-state index is -3.69. The molecule has 1 aliphatic rings. The number of carbonyl (C=O) groups excluding carboxylic acids is 1. The molecule has 7 heteroatoms. The van der Waals surface area contributed by atoms with E-state index < -0.39 is 10.0 Å². The summed E-state index contributed by atoms with van der Waals surface area (Å²) in [5.74, 6) is 2.08. The number of sulfonamides is 1. The van der Waals surface area contributed by atoms with Gasteiger partial charge in [-0.15, -0.1) is 6.42 Å². The van der Waals surface area contributed by atoms with Gasteiger partial charge in [0.2, 0.25) is 10.0 Å². The monoisotopic (exact) mass is 335 g/mol. The number of hydrogen-bond donors (Lipinski definition) is 1. The second-order valence-electron chi connectivity index (χ2n) is 5.28. The molecule has 0 aliphatic carbocycles. The Morgan fingerprint density at radius 2 is 2.00 bits per heavy atom. The second-order valence-corrected chi connectivity index (χ2v) is 7.05. The second kappa shape index (κ2) is 7.59. The van der Waals surface area contributed by atoms with Gasteiger partial charge in [-0.2, -0.15) is 4.72 Å². The molecule has 124 valence electrons. The summed E-state index contributed by atoms with van der Waals surface area (Å²) in [6.45, 7) is 5.96. The first-order valence-corrected chi connectivity index (χ1v) is 9.01. The van der Waals surface area contributed by atoms with Crippen LogP contribution in [0, 0.1) is 12.3 Å². The number of terminal acetylenes is 1. The molecule has 0 atom stereocenters. The molecule has 1 fully saturated rings. The van der Waals surface area contributed by atoms with Crippen molar-refractivity contribution in [3.8, 4) is 12.3 Å². The predicted octanol–water partition coefficient (Wildman–Crippen LogP) is 0.376.